The fourth-order valence-electron chi connectivity index (χ4n) is 3.22. The number of amides is 1. The fraction of sp³-hybridized carbons (Fsp3) is 0.227. The summed E-state index contributed by atoms with van der Waals surface area (Å²) in [5, 5.41) is 7.17. The van der Waals surface area contributed by atoms with Crippen molar-refractivity contribution in [1.82, 2.24) is 30.8 Å². The van der Waals surface area contributed by atoms with Gasteiger partial charge in [0, 0.05) is 30.6 Å². The molecule has 2 aromatic heterocycles. The first-order valence-corrected chi connectivity index (χ1v) is 9.57. The third kappa shape index (κ3) is 3.84. The molecule has 0 saturated carbocycles. The van der Waals surface area contributed by atoms with Crippen LogP contribution in [0.25, 0.3) is 5.65 Å². The molecule has 0 spiro atoms. The smallest absolute Gasteiger partial charge is 0.261 e. The van der Waals surface area contributed by atoms with E-state index in [4.69, 9.17) is 0 Å². The molecule has 1 aromatic carbocycles. The summed E-state index contributed by atoms with van der Waals surface area (Å²) >= 11 is 0. The Kier molecular flexibility index (Phi) is 5.27. The van der Waals surface area contributed by atoms with Crippen LogP contribution < -0.4 is 16.2 Å². The molecule has 1 aliphatic rings. The zero-order valence-corrected chi connectivity index (χ0v) is 16.4. The molecule has 0 bridgehead atoms. The second kappa shape index (κ2) is 8.17. The van der Waals surface area contributed by atoms with Crippen molar-refractivity contribution in [2.75, 3.05) is 0 Å². The van der Waals surface area contributed by atoms with Gasteiger partial charge in [-0.15, -0.1) is 0 Å². The van der Waals surface area contributed by atoms with Crippen molar-refractivity contribution in [3.05, 3.63) is 77.0 Å². The van der Waals surface area contributed by atoms with Crippen LogP contribution in [0.2, 0.25) is 0 Å². The van der Waals surface area contributed by atoms with E-state index >= 15 is 0 Å². The number of hydrogen-bond acceptors (Lipinski definition) is 5. The summed E-state index contributed by atoms with van der Waals surface area (Å²) in [6.07, 6.45) is 8.60. The minimum absolute atomic E-state index is 0.193. The van der Waals surface area contributed by atoms with Gasteiger partial charge in [0.2, 0.25) is 0 Å². The summed E-state index contributed by atoms with van der Waals surface area (Å²) in [5.74, 6) is 6.14. The predicted octanol–water partition coefficient (Wildman–Crippen LogP) is 2.61. The molecule has 7 nitrogen and oxygen atoms in total. The standard InChI is InChI=1S/C22H22N6O/c1-3-4-5-7-16-9-8-15(2)17(12-16)20-19(14-24-27-20)26-22(29)18-13-25-28-11-6-10-23-21(18)28/h6,8-14,20,24,27H,3-4H2,1-2H3,(H,26,29). The highest BCUT2D eigenvalue weighted by molar-refractivity contribution is 6.00. The lowest BCUT2D eigenvalue weighted by atomic mass is 9.97. The molecule has 1 unspecified atom stereocenters. The molecule has 0 aliphatic carbocycles. The minimum Gasteiger partial charge on any atom is -0.326 e. The number of benzene rings is 1. The van der Waals surface area contributed by atoms with Crippen molar-refractivity contribution in [1.29, 1.82) is 0 Å². The Morgan fingerprint density at radius 1 is 1.38 bits per heavy atom. The molecule has 29 heavy (non-hydrogen) atoms. The maximum atomic E-state index is 12.9. The lowest BCUT2D eigenvalue weighted by Gasteiger charge is -2.18. The summed E-state index contributed by atoms with van der Waals surface area (Å²) in [4.78, 5) is 17.1. The van der Waals surface area contributed by atoms with E-state index in [1.165, 1.54) is 6.20 Å². The minimum atomic E-state index is -0.253. The highest BCUT2D eigenvalue weighted by Gasteiger charge is 2.25. The van der Waals surface area contributed by atoms with E-state index in [0.29, 0.717) is 11.2 Å². The van der Waals surface area contributed by atoms with Crippen LogP contribution in [0.3, 0.4) is 0 Å². The first kappa shape index (κ1) is 18.7. The van der Waals surface area contributed by atoms with Crippen molar-refractivity contribution < 1.29 is 4.79 Å². The topological polar surface area (TPSA) is 83.3 Å². The zero-order valence-electron chi connectivity index (χ0n) is 16.4. The van der Waals surface area contributed by atoms with Crippen LogP contribution in [0, 0.1) is 18.8 Å². The molecule has 0 fully saturated rings. The van der Waals surface area contributed by atoms with Gasteiger partial charge >= 0.3 is 0 Å². The van der Waals surface area contributed by atoms with Crippen molar-refractivity contribution in [3.8, 4) is 11.8 Å². The highest BCUT2D eigenvalue weighted by atomic mass is 16.1. The number of fused-ring (bicyclic) bond motifs is 1. The van der Waals surface area contributed by atoms with Gasteiger partial charge in [-0.2, -0.15) is 5.10 Å². The monoisotopic (exact) mass is 386 g/mol. The Balaban J connectivity index is 1.57. The summed E-state index contributed by atoms with van der Waals surface area (Å²) in [7, 11) is 0. The lowest BCUT2D eigenvalue weighted by Crippen LogP contribution is -2.31. The molecule has 0 radical (unpaired) electrons. The largest absolute Gasteiger partial charge is 0.326 e. The van der Waals surface area contributed by atoms with Gasteiger partial charge in [-0.3, -0.25) is 4.79 Å². The van der Waals surface area contributed by atoms with Crippen molar-refractivity contribution in [2.45, 2.75) is 32.7 Å². The van der Waals surface area contributed by atoms with Crippen molar-refractivity contribution in [3.63, 3.8) is 0 Å². The number of carbonyl (C=O) groups is 1. The Bertz CT molecular complexity index is 1150. The second-order valence-corrected chi connectivity index (χ2v) is 6.84. The van der Waals surface area contributed by atoms with Crippen LogP contribution in [0.5, 0.6) is 0 Å². The Hall–Kier alpha value is -3.63. The molecule has 7 heteroatoms. The number of hydrogen-bond donors (Lipinski definition) is 3. The number of aromatic nitrogens is 3. The molecule has 146 valence electrons. The van der Waals surface area contributed by atoms with Crippen LogP contribution >= 0.6 is 0 Å². The second-order valence-electron chi connectivity index (χ2n) is 6.84. The molecule has 4 rings (SSSR count). The van der Waals surface area contributed by atoms with Crippen LogP contribution in [0.1, 0.15) is 52.9 Å². The first-order chi connectivity index (χ1) is 14.2. The molecule has 1 atom stereocenters. The maximum Gasteiger partial charge on any atom is 0.261 e. The summed E-state index contributed by atoms with van der Waals surface area (Å²) in [5.41, 5.74) is 11.0. The number of unbranched alkanes of at least 4 members (excludes halogenated alkanes) is 1. The molecular weight excluding hydrogens is 364 g/mol. The Morgan fingerprint density at radius 2 is 2.28 bits per heavy atom. The van der Waals surface area contributed by atoms with E-state index in [9.17, 15) is 4.79 Å². The van der Waals surface area contributed by atoms with Crippen LogP contribution in [0.15, 0.2) is 54.8 Å². The Morgan fingerprint density at radius 3 is 3.14 bits per heavy atom. The highest BCUT2D eigenvalue weighted by Crippen LogP contribution is 2.26. The van der Waals surface area contributed by atoms with Gasteiger partial charge in [-0.1, -0.05) is 24.8 Å². The number of hydrazine groups is 1. The average Bonchev–Trinajstić information content (AvgIpc) is 3.36. The van der Waals surface area contributed by atoms with Gasteiger partial charge < -0.3 is 10.7 Å². The summed E-state index contributed by atoms with van der Waals surface area (Å²) in [6.45, 7) is 4.16. The van der Waals surface area contributed by atoms with Gasteiger partial charge in [-0.25, -0.2) is 14.9 Å². The van der Waals surface area contributed by atoms with Gasteiger partial charge in [0.05, 0.1) is 17.9 Å². The van der Waals surface area contributed by atoms with Crippen LogP contribution in [-0.2, 0) is 0 Å². The van der Waals surface area contributed by atoms with E-state index < -0.39 is 0 Å². The molecular formula is C22H22N6O. The van der Waals surface area contributed by atoms with E-state index in [2.05, 4.69) is 57.1 Å². The number of nitrogens with one attached hydrogen (secondary N) is 3. The molecule has 1 aliphatic heterocycles. The first-order valence-electron chi connectivity index (χ1n) is 9.57. The van der Waals surface area contributed by atoms with Crippen LogP contribution in [-0.4, -0.2) is 20.5 Å². The SMILES string of the molecule is CCCC#Cc1ccc(C)c(C2NNC=C2NC(=O)c2cnn3cccnc23)c1. The van der Waals surface area contributed by atoms with Crippen molar-refractivity contribution in [2.24, 2.45) is 0 Å². The molecule has 3 N–H and O–H groups in total. The fourth-order valence-corrected chi connectivity index (χ4v) is 3.22. The summed E-state index contributed by atoms with van der Waals surface area (Å²) in [6, 6.07) is 7.72. The number of rotatable bonds is 4. The van der Waals surface area contributed by atoms with Gasteiger partial charge in [0.25, 0.3) is 5.91 Å². The van der Waals surface area contributed by atoms with Crippen LogP contribution in [0.4, 0.5) is 0 Å². The zero-order chi connectivity index (χ0) is 20.2. The van der Waals surface area contributed by atoms with Gasteiger partial charge in [0.1, 0.15) is 5.56 Å². The third-order valence-corrected chi connectivity index (χ3v) is 4.75. The molecule has 3 heterocycles. The van der Waals surface area contributed by atoms with Gasteiger partial charge in [-0.05, 0) is 42.7 Å². The normalized spacial score (nSPS) is 15.4. The molecule has 1 amide bonds. The van der Waals surface area contributed by atoms with E-state index in [0.717, 1.165) is 35.2 Å². The summed E-state index contributed by atoms with van der Waals surface area (Å²) < 4.78 is 1.58. The predicted molar refractivity (Wildman–Crippen MR) is 111 cm³/mol. The van der Waals surface area contributed by atoms with Crippen molar-refractivity contribution >= 4 is 11.6 Å². The molecule has 0 saturated heterocycles. The molecule has 3 aromatic rings. The Labute approximate surface area is 169 Å². The average molecular weight is 386 g/mol. The van der Waals surface area contributed by atoms with Gasteiger partial charge in [0.15, 0.2) is 5.65 Å². The quantitative estimate of drug-likeness (QED) is 0.601. The number of carbonyl (C=O) groups excluding carboxylic acids is 1. The van der Waals surface area contributed by atoms with E-state index in [1.807, 2.05) is 13.0 Å². The number of aryl methyl sites for hydroxylation is 1. The van der Waals surface area contributed by atoms with E-state index in [-0.39, 0.29) is 11.9 Å². The maximum absolute atomic E-state index is 12.9. The lowest BCUT2D eigenvalue weighted by molar-refractivity contribution is 0.0965. The third-order valence-electron chi connectivity index (χ3n) is 4.75. The van der Waals surface area contributed by atoms with E-state index in [1.54, 1.807) is 29.2 Å². The number of nitrogens with zero attached hydrogens (tertiary/aromatic N) is 3.